The molecule has 0 saturated heterocycles. The van der Waals surface area contributed by atoms with Crippen molar-refractivity contribution in [3.8, 4) is 5.75 Å². The molecule has 0 aliphatic heterocycles. The molecule has 4 nitrogen and oxygen atoms in total. The van der Waals surface area contributed by atoms with Crippen LogP contribution in [0.2, 0.25) is 0 Å². The molecule has 0 heterocycles. The van der Waals surface area contributed by atoms with Gasteiger partial charge in [0.1, 0.15) is 5.75 Å². The van der Waals surface area contributed by atoms with Gasteiger partial charge in [0.15, 0.2) is 6.61 Å². The van der Waals surface area contributed by atoms with Gasteiger partial charge in [-0.05, 0) is 23.5 Å². The first kappa shape index (κ1) is 16.5. The van der Waals surface area contributed by atoms with Crippen molar-refractivity contribution in [3.05, 3.63) is 29.8 Å². The second kappa shape index (κ2) is 7.90. The molecule has 4 heteroatoms. The van der Waals surface area contributed by atoms with E-state index in [-0.39, 0.29) is 31.1 Å². The normalized spacial score (nSPS) is 12.6. The Morgan fingerprint density at radius 3 is 2.45 bits per heavy atom. The van der Waals surface area contributed by atoms with Crippen molar-refractivity contribution in [3.63, 3.8) is 0 Å². The van der Waals surface area contributed by atoms with Crippen molar-refractivity contribution in [2.45, 2.75) is 39.7 Å². The Morgan fingerprint density at radius 1 is 1.25 bits per heavy atom. The first-order valence-electron chi connectivity index (χ1n) is 7.07. The highest BCUT2D eigenvalue weighted by atomic mass is 16.5. The fourth-order valence-electron chi connectivity index (χ4n) is 1.90. The van der Waals surface area contributed by atoms with Crippen molar-refractivity contribution in [1.82, 2.24) is 5.32 Å². The molecule has 0 radical (unpaired) electrons. The minimum atomic E-state index is -0.230. The lowest BCUT2D eigenvalue weighted by molar-refractivity contribution is -0.124. The van der Waals surface area contributed by atoms with Crippen LogP contribution in [0.3, 0.4) is 0 Å². The summed E-state index contributed by atoms with van der Waals surface area (Å²) in [6.07, 6.45) is 0. The van der Waals surface area contributed by atoms with E-state index in [1.165, 1.54) is 0 Å². The van der Waals surface area contributed by atoms with E-state index >= 15 is 0 Å². The van der Waals surface area contributed by atoms with Crippen LogP contribution in [-0.4, -0.2) is 30.3 Å². The highest BCUT2D eigenvalue weighted by Crippen LogP contribution is 2.25. The summed E-state index contributed by atoms with van der Waals surface area (Å²) >= 11 is 0. The molecule has 1 amide bonds. The van der Waals surface area contributed by atoms with Crippen LogP contribution >= 0.6 is 0 Å². The SMILES string of the molecule is CC(C)c1ccccc1OCC(=O)NC(CO)C(C)C. The lowest BCUT2D eigenvalue weighted by atomic mass is 10.0. The van der Waals surface area contributed by atoms with Crippen molar-refractivity contribution in [2.75, 3.05) is 13.2 Å². The number of amides is 1. The molecule has 0 bridgehead atoms. The molecule has 0 aromatic heterocycles. The average Bonchev–Trinajstić information content (AvgIpc) is 2.42. The van der Waals surface area contributed by atoms with Gasteiger partial charge >= 0.3 is 0 Å². The Balaban J connectivity index is 2.57. The number of nitrogens with one attached hydrogen (secondary N) is 1. The maximum Gasteiger partial charge on any atom is 0.258 e. The molecule has 1 unspecified atom stereocenters. The van der Waals surface area contributed by atoms with Crippen LogP contribution in [0.4, 0.5) is 0 Å². The number of benzene rings is 1. The maximum atomic E-state index is 11.8. The van der Waals surface area contributed by atoms with E-state index in [0.717, 1.165) is 11.3 Å². The van der Waals surface area contributed by atoms with Gasteiger partial charge < -0.3 is 15.2 Å². The third kappa shape index (κ3) is 4.85. The zero-order chi connectivity index (χ0) is 15.1. The topological polar surface area (TPSA) is 58.6 Å². The fraction of sp³-hybridized carbons (Fsp3) is 0.562. The van der Waals surface area contributed by atoms with Crippen molar-refractivity contribution < 1.29 is 14.6 Å². The number of ether oxygens (including phenoxy) is 1. The number of para-hydroxylation sites is 1. The number of aliphatic hydroxyl groups excluding tert-OH is 1. The molecule has 1 aromatic rings. The van der Waals surface area contributed by atoms with E-state index in [0.29, 0.717) is 5.92 Å². The molecule has 0 aliphatic rings. The third-order valence-corrected chi connectivity index (χ3v) is 3.25. The Hall–Kier alpha value is -1.55. The van der Waals surface area contributed by atoms with Gasteiger partial charge in [0.25, 0.3) is 5.91 Å². The number of aliphatic hydroxyl groups is 1. The van der Waals surface area contributed by atoms with Crippen molar-refractivity contribution in [1.29, 1.82) is 0 Å². The van der Waals surface area contributed by atoms with Crippen LogP contribution in [0.15, 0.2) is 24.3 Å². The first-order valence-corrected chi connectivity index (χ1v) is 7.07. The molecule has 2 N–H and O–H groups in total. The van der Waals surface area contributed by atoms with Gasteiger partial charge in [-0.25, -0.2) is 0 Å². The van der Waals surface area contributed by atoms with Crippen molar-refractivity contribution >= 4 is 5.91 Å². The van der Waals surface area contributed by atoms with Crippen LogP contribution in [0.25, 0.3) is 0 Å². The Labute approximate surface area is 121 Å². The molecule has 0 spiro atoms. The largest absolute Gasteiger partial charge is 0.483 e. The monoisotopic (exact) mass is 279 g/mol. The van der Waals surface area contributed by atoms with Crippen LogP contribution in [0, 0.1) is 5.92 Å². The summed E-state index contributed by atoms with van der Waals surface area (Å²) in [4.78, 5) is 11.8. The molecular weight excluding hydrogens is 254 g/mol. The highest BCUT2D eigenvalue weighted by Gasteiger charge is 2.16. The van der Waals surface area contributed by atoms with E-state index < -0.39 is 0 Å². The molecule has 0 saturated carbocycles. The van der Waals surface area contributed by atoms with Crippen molar-refractivity contribution in [2.24, 2.45) is 5.92 Å². The summed E-state index contributed by atoms with van der Waals surface area (Å²) in [6, 6.07) is 7.50. The predicted octanol–water partition coefficient (Wildman–Crippen LogP) is 2.32. The van der Waals surface area contributed by atoms with E-state index in [4.69, 9.17) is 4.74 Å². The average molecular weight is 279 g/mol. The molecule has 1 aromatic carbocycles. The molecule has 1 rings (SSSR count). The molecule has 1 atom stereocenters. The van der Waals surface area contributed by atoms with E-state index in [1.54, 1.807) is 0 Å². The summed E-state index contributed by atoms with van der Waals surface area (Å²) in [5.74, 6) is 1.06. The minimum Gasteiger partial charge on any atom is -0.483 e. The van der Waals surface area contributed by atoms with Gasteiger partial charge in [0.2, 0.25) is 0 Å². The zero-order valence-electron chi connectivity index (χ0n) is 12.7. The Kier molecular flexibility index (Phi) is 6.52. The van der Waals surface area contributed by atoms with Gasteiger partial charge in [-0.3, -0.25) is 4.79 Å². The summed E-state index contributed by atoms with van der Waals surface area (Å²) in [5, 5.41) is 12.0. The van der Waals surface area contributed by atoms with E-state index in [9.17, 15) is 9.90 Å². The smallest absolute Gasteiger partial charge is 0.258 e. The minimum absolute atomic E-state index is 0.0348. The number of hydrogen-bond donors (Lipinski definition) is 2. The fourth-order valence-corrected chi connectivity index (χ4v) is 1.90. The summed E-state index contributed by atoms with van der Waals surface area (Å²) in [5.41, 5.74) is 1.09. The lowest BCUT2D eigenvalue weighted by Gasteiger charge is -2.20. The van der Waals surface area contributed by atoms with Crippen LogP contribution in [-0.2, 0) is 4.79 Å². The number of hydrogen-bond acceptors (Lipinski definition) is 3. The highest BCUT2D eigenvalue weighted by molar-refractivity contribution is 5.77. The second-order valence-electron chi connectivity index (χ2n) is 5.58. The van der Waals surface area contributed by atoms with Crippen LogP contribution in [0.5, 0.6) is 5.75 Å². The molecule has 112 valence electrons. The Morgan fingerprint density at radius 2 is 1.90 bits per heavy atom. The van der Waals surface area contributed by atoms with Gasteiger partial charge in [-0.1, -0.05) is 45.9 Å². The van der Waals surface area contributed by atoms with Gasteiger partial charge in [-0.2, -0.15) is 0 Å². The third-order valence-electron chi connectivity index (χ3n) is 3.25. The summed E-state index contributed by atoms with van der Waals surface area (Å²) < 4.78 is 5.59. The standard InChI is InChI=1S/C16H25NO3/c1-11(2)13-7-5-6-8-15(13)20-10-16(19)17-14(9-18)12(3)4/h5-8,11-12,14,18H,9-10H2,1-4H3,(H,17,19). The quantitative estimate of drug-likeness (QED) is 0.805. The number of carbonyl (C=O) groups excluding carboxylic acids is 1. The van der Waals surface area contributed by atoms with E-state index in [1.807, 2.05) is 38.1 Å². The van der Waals surface area contributed by atoms with Gasteiger partial charge in [-0.15, -0.1) is 0 Å². The molecular formula is C16H25NO3. The van der Waals surface area contributed by atoms with Gasteiger partial charge in [0.05, 0.1) is 12.6 Å². The molecule has 0 fully saturated rings. The number of carbonyl (C=O) groups is 1. The van der Waals surface area contributed by atoms with E-state index in [2.05, 4.69) is 19.2 Å². The summed E-state index contributed by atoms with van der Waals surface area (Å²) in [6.45, 7) is 7.98. The first-order chi connectivity index (χ1) is 9.45. The zero-order valence-corrected chi connectivity index (χ0v) is 12.7. The molecule has 0 aliphatic carbocycles. The number of rotatable bonds is 7. The van der Waals surface area contributed by atoms with Gasteiger partial charge in [0, 0.05) is 0 Å². The van der Waals surface area contributed by atoms with Crippen LogP contribution in [0.1, 0.15) is 39.2 Å². The second-order valence-corrected chi connectivity index (χ2v) is 5.58. The van der Waals surface area contributed by atoms with Crippen LogP contribution < -0.4 is 10.1 Å². The predicted molar refractivity (Wildman–Crippen MR) is 79.9 cm³/mol. The lowest BCUT2D eigenvalue weighted by Crippen LogP contribution is -2.43. The summed E-state index contributed by atoms with van der Waals surface area (Å²) in [7, 11) is 0. The maximum absolute atomic E-state index is 11.8. The molecule has 20 heavy (non-hydrogen) atoms. The Bertz CT molecular complexity index is 429.